The number of hydrogen-bond donors (Lipinski definition) is 2. The van der Waals surface area contributed by atoms with Gasteiger partial charge in [-0.05, 0) is 35.4 Å². The van der Waals surface area contributed by atoms with Gasteiger partial charge in [0, 0.05) is 30.6 Å². The second-order valence-corrected chi connectivity index (χ2v) is 6.43. The van der Waals surface area contributed by atoms with Crippen LogP contribution in [0.1, 0.15) is 17.0 Å². The molecule has 126 valence electrons. The maximum atomic E-state index is 12.6. The Bertz CT molecular complexity index is 703. The summed E-state index contributed by atoms with van der Waals surface area (Å²) in [5.74, 6) is 0.968. The van der Waals surface area contributed by atoms with Gasteiger partial charge in [-0.2, -0.15) is 0 Å². The molecule has 1 saturated heterocycles. The summed E-state index contributed by atoms with van der Waals surface area (Å²) in [6.45, 7) is 2.00. The van der Waals surface area contributed by atoms with E-state index in [1.807, 2.05) is 48.5 Å². The highest BCUT2D eigenvalue weighted by molar-refractivity contribution is 6.30. The predicted molar refractivity (Wildman–Crippen MR) is 95.4 cm³/mol. The zero-order valence-electron chi connectivity index (χ0n) is 13.6. The fraction of sp³-hybridized carbons (Fsp3) is 0.316. The van der Waals surface area contributed by atoms with Crippen LogP contribution in [0.2, 0.25) is 5.02 Å². The number of methoxy groups -OCH3 is 1. The molecule has 2 aromatic carbocycles. The quantitative estimate of drug-likeness (QED) is 0.876. The lowest BCUT2D eigenvalue weighted by atomic mass is 9.88. The molecule has 1 heterocycles. The summed E-state index contributed by atoms with van der Waals surface area (Å²) in [4.78, 5) is 12.6. The molecule has 2 aromatic rings. The first kappa shape index (κ1) is 16.8. The molecule has 1 amide bonds. The molecule has 5 heteroatoms. The Morgan fingerprint density at radius 3 is 2.79 bits per heavy atom. The summed E-state index contributed by atoms with van der Waals surface area (Å²) in [6.07, 6.45) is 0. The first-order chi connectivity index (χ1) is 11.7. The second-order valence-electron chi connectivity index (χ2n) is 5.99. The molecule has 0 spiro atoms. The van der Waals surface area contributed by atoms with Gasteiger partial charge in [0.1, 0.15) is 5.75 Å². The zero-order valence-corrected chi connectivity index (χ0v) is 14.3. The number of carbonyl (C=O) groups is 1. The molecular formula is C19H21ClN2O2. The molecule has 0 radical (unpaired) electrons. The Balaban J connectivity index is 1.64. The first-order valence-corrected chi connectivity index (χ1v) is 8.42. The summed E-state index contributed by atoms with van der Waals surface area (Å²) in [6, 6.07) is 15.5. The Morgan fingerprint density at radius 2 is 2.04 bits per heavy atom. The molecular weight excluding hydrogens is 324 g/mol. The van der Waals surface area contributed by atoms with Crippen LogP contribution in [0.3, 0.4) is 0 Å². The van der Waals surface area contributed by atoms with E-state index in [2.05, 4.69) is 10.6 Å². The number of ether oxygens (including phenoxy) is 1. The number of rotatable bonds is 5. The van der Waals surface area contributed by atoms with Crippen LogP contribution < -0.4 is 15.4 Å². The Morgan fingerprint density at radius 1 is 1.25 bits per heavy atom. The SMILES string of the molecule is COc1cccc(CNC(=O)C2CNC[C@H]2c2ccc(Cl)cc2)c1. The number of amides is 1. The Labute approximate surface area is 147 Å². The van der Waals surface area contributed by atoms with Crippen molar-refractivity contribution >= 4 is 17.5 Å². The van der Waals surface area contributed by atoms with Gasteiger partial charge in [0.05, 0.1) is 13.0 Å². The number of hydrogen-bond acceptors (Lipinski definition) is 3. The summed E-state index contributed by atoms with van der Waals surface area (Å²) >= 11 is 5.95. The third-order valence-corrected chi connectivity index (χ3v) is 4.70. The summed E-state index contributed by atoms with van der Waals surface area (Å²) in [5, 5.41) is 7.07. The Hall–Kier alpha value is -2.04. The van der Waals surface area contributed by atoms with E-state index in [-0.39, 0.29) is 17.7 Å². The van der Waals surface area contributed by atoms with Gasteiger partial charge in [-0.15, -0.1) is 0 Å². The number of carbonyl (C=O) groups excluding carboxylic acids is 1. The smallest absolute Gasteiger partial charge is 0.225 e. The molecule has 0 aromatic heterocycles. The van der Waals surface area contributed by atoms with Crippen molar-refractivity contribution in [1.82, 2.24) is 10.6 Å². The van der Waals surface area contributed by atoms with Crippen molar-refractivity contribution in [2.24, 2.45) is 5.92 Å². The summed E-state index contributed by atoms with van der Waals surface area (Å²) < 4.78 is 5.21. The van der Waals surface area contributed by atoms with Gasteiger partial charge in [0.15, 0.2) is 0 Å². The molecule has 1 unspecified atom stereocenters. The minimum absolute atomic E-state index is 0.0720. The molecule has 1 fully saturated rings. The normalized spacial score (nSPS) is 19.9. The first-order valence-electron chi connectivity index (χ1n) is 8.04. The zero-order chi connectivity index (χ0) is 16.9. The van der Waals surface area contributed by atoms with Crippen molar-refractivity contribution in [3.63, 3.8) is 0 Å². The van der Waals surface area contributed by atoms with Gasteiger partial charge < -0.3 is 15.4 Å². The van der Waals surface area contributed by atoms with E-state index in [0.717, 1.165) is 23.4 Å². The van der Waals surface area contributed by atoms with Gasteiger partial charge in [0.25, 0.3) is 0 Å². The van der Waals surface area contributed by atoms with Crippen LogP contribution in [0.15, 0.2) is 48.5 Å². The minimum atomic E-state index is -0.0724. The lowest BCUT2D eigenvalue weighted by Gasteiger charge is -2.19. The highest BCUT2D eigenvalue weighted by Gasteiger charge is 2.33. The second kappa shape index (κ2) is 7.69. The fourth-order valence-corrected chi connectivity index (χ4v) is 3.24. The van der Waals surface area contributed by atoms with Crippen molar-refractivity contribution in [2.45, 2.75) is 12.5 Å². The highest BCUT2D eigenvalue weighted by Crippen LogP contribution is 2.29. The van der Waals surface area contributed by atoms with Gasteiger partial charge >= 0.3 is 0 Å². The average Bonchev–Trinajstić information content (AvgIpc) is 3.10. The largest absolute Gasteiger partial charge is 0.497 e. The van der Waals surface area contributed by atoms with E-state index in [1.165, 1.54) is 0 Å². The van der Waals surface area contributed by atoms with Crippen LogP contribution in [-0.2, 0) is 11.3 Å². The third kappa shape index (κ3) is 3.89. The molecule has 2 N–H and O–H groups in total. The van der Waals surface area contributed by atoms with Crippen molar-refractivity contribution in [2.75, 3.05) is 20.2 Å². The summed E-state index contributed by atoms with van der Waals surface area (Å²) in [5.41, 5.74) is 2.17. The third-order valence-electron chi connectivity index (χ3n) is 4.45. The molecule has 4 nitrogen and oxygen atoms in total. The van der Waals surface area contributed by atoms with Crippen molar-refractivity contribution in [3.05, 3.63) is 64.7 Å². The lowest BCUT2D eigenvalue weighted by molar-refractivity contribution is -0.125. The molecule has 0 bridgehead atoms. The van der Waals surface area contributed by atoms with Crippen LogP contribution in [-0.4, -0.2) is 26.1 Å². The molecule has 2 atom stereocenters. The molecule has 1 aliphatic rings. The maximum Gasteiger partial charge on any atom is 0.225 e. The number of nitrogens with one attached hydrogen (secondary N) is 2. The monoisotopic (exact) mass is 344 g/mol. The van der Waals surface area contributed by atoms with Gasteiger partial charge in [0.2, 0.25) is 5.91 Å². The van der Waals surface area contributed by atoms with E-state index < -0.39 is 0 Å². The van der Waals surface area contributed by atoms with Crippen LogP contribution >= 0.6 is 11.6 Å². The molecule has 1 aliphatic heterocycles. The molecule has 0 aliphatic carbocycles. The van der Waals surface area contributed by atoms with E-state index in [1.54, 1.807) is 7.11 Å². The maximum absolute atomic E-state index is 12.6. The van der Waals surface area contributed by atoms with Crippen LogP contribution in [0.5, 0.6) is 5.75 Å². The van der Waals surface area contributed by atoms with Crippen molar-refractivity contribution in [3.8, 4) is 5.75 Å². The van der Waals surface area contributed by atoms with E-state index >= 15 is 0 Å². The molecule has 24 heavy (non-hydrogen) atoms. The van der Waals surface area contributed by atoms with E-state index in [4.69, 9.17) is 16.3 Å². The molecule has 0 saturated carbocycles. The molecule has 3 rings (SSSR count). The van der Waals surface area contributed by atoms with Crippen LogP contribution in [0, 0.1) is 5.92 Å². The lowest BCUT2D eigenvalue weighted by Crippen LogP contribution is -2.34. The van der Waals surface area contributed by atoms with Crippen molar-refractivity contribution < 1.29 is 9.53 Å². The van der Waals surface area contributed by atoms with Crippen LogP contribution in [0.4, 0.5) is 0 Å². The average molecular weight is 345 g/mol. The Kier molecular flexibility index (Phi) is 5.38. The topological polar surface area (TPSA) is 50.4 Å². The van der Waals surface area contributed by atoms with Gasteiger partial charge in [-0.1, -0.05) is 35.9 Å². The van der Waals surface area contributed by atoms with Gasteiger partial charge in [-0.25, -0.2) is 0 Å². The number of halogens is 1. The predicted octanol–water partition coefficient (Wildman–Crippen LogP) is 2.97. The van der Waals surface area contributed by atoms with E-state index in [0.29, 0.717) is 18.1 Å². The van der Waals surface area contributed by atoms with Crippen molar-refractivity contribution in [1.29, 1.82) is 0 Å². The standard InChI is InChI=1S/C19H21ClN2O2/c1-24-16-4-2-3-13(9-16)10-22-19(23)18-12-21-11-17(18)14-5-7-15(20)8-6-14/h2-9,17-18,21H,10-12H2,1H3,(H,22,23)/t17-,18?/m0/s1. The highest BCUT2D eigenvalue weighted by atomic mass is 35.5. The van der Waals surface area contributed by atoms with E-state index in [9.17, 15) is 4.79 Å². The minimum Gasteiger partial charge on any atom is -0.497 e. The van der Waals surface area contributed by atoms with Crippen LogP contribution in [0.25, 0.3) is 0 Å². The summed E-state index contributed by atoms with van der Waals surface area (Å²) in [7, 11) is 1.64. The number of benzene rings is 2. The van der Waals surface area contributed by atoms with Gasteiger partial charge in [-0.3, -0.25) is 4.79 Å². The fourth-order valence-electron chi connectivity index (χ4n) is 3.12.